The summed E-state index contributed by atoms with van der Waals surface area (Å²) in [5.74, 6) is -0.0409. The van der Waals surface area contributed by atoms with Crippen LogP contribution in [0.5, 0.6) is 0 Å². The van der Waals surface area contributed by atoms with Crippen LogP contribution < -0.4 is 5.43 Å². The number of allylic oxidation sites excluding steroid dienone is 3. The summed E-state index contributed by atoms with van der Waals surface area (Å²) in [7, 11) is 0. The van der Waals surface area contributed by atoms with E-state index in [1.807, 2.05) is 0 Å². The zero-order valence-corrected chi connectivity index (χ0v) is 8.93. The van der Waals surface area contributed by atoms with Gasteiger partial charge in [0, 0.05) is 21.1 Å². The second-order valence-corrected chi connectivity index (χ2v) is 2.83. The first-order valence-corrected chi connectivity index (χ1v) is 3.79. The number of hydrogen-bond acceptors (Lipinski definition) is 2. The molecule has 1 aliphatic carbocycles. The van der Waals surface area contributed by atoms with Gasteiger partial charge in [-0.25, -0.2) is 0 Å². The van der Waals surface area contributed by atoms with Crippen LogP contribution in [0.2, 0.25) is 0 Å². The molecule has 1 aromatic carbocycles. The van der Waals surface area contributed by atoms with Crippen LogP contribution in [0.4, 0.5) is 0 Å². The van der Waals surface area contributed by atoms with Gasteiger partial charge in [0.15, 0.2) is 0 Å². The fourth-order valence-corrected chi connectivity index (χ4v) is 1.38. The molecule has 0 atom stereocenters. The van der Waals surface area contributed by atoms with Crippen LogP contribution in [-0.4, -0.2) is 5.78 Å². The van der Waals surface area contributed by atoms with E-state index in [0.717, 1.165) is 5.56 Å². The van der Waals surface area contributed by atoms with E-state index in [0.29, 0.717) is 24.0 Å². The standard InChI is InChI=1S/C10H7O2.Mo/c1-2-3-8(11)6-4-5-7-9(6)10(7)12;/h2H,1,3,5H2;/q-1;. The summed E-state index contributed by atoms with van der Waals surface area (Å²) in [6.07, 6.45) is 5.27. The van der Waals surface area contributed by atoms with Crippen LogP contribution in [0.1, 0.15) is 17.5 Å². The summed E-state index contributed by atoms with van der Waals surface area (Å²) in [4.78, 5) is 22.2. The summed E-state index contributed by atoms with van der Waals surface area (Å²) in [5, 5.41) is 0. The first-order valence-electron chi connectivity index (χ1n) is 3.79. The molecular formula is C10H7MoO2-. The fourth-order valence-electron chi connectivity index (χ4n) is 1.38. The molecule has 66 valence electrons. The molecule has 0 radical (unpaired) electrons. The molecule has 0 saturated heterocycles. The molecule has 1 aliphatic rings. The predicted octanol–water partition coefficient (Wildman–Crippen LogP) is 0.808. The Bertz CT molecular complexity index is 406. The minimum atomic E-state index is -0.0409. The number of rotatable bonds is 3. The molecule has 0 unspecified atom stereocenters. The Morgan fingerprint density at radius 2 is 2.31 bits per heavy atom. The molecule has 0 aliphatic heterocycles. The quantitative estimate of drug-likeness (QED) is 0.455. The molecule has 0 spiro atoms. The van der Waals surface area contributed by atoms with Crippen molar-refractivity contribution in [3.05, 3.63) is 40.1 Å². The molecule has 0 heterocycles. The van der Waals surface area contributed by atoms with Crippen molar-refractivity contribution in [3.63, 3.8) is 0 Å². The number of carbonyl (C=O) groups is 1. The van der Waals surface area contributed by atoms with Gasteiger partial charge >= 0.3 is 0 Å². The Morgan fingerprint density at radius 1 is 1.62 bits per heavy atom. The average Bonchev–Trinajstić information content (AvgIpc) is 2.53. The van der Waals surface area contributed by atoms with Crippen LogP contribution in [0.25, 0.3) is 5.57 Å². The molecule has 0 bridgehead atoms. The van der Waals surface area contributed by atoms with Gasteiger partial charge in [0.2, 0.25) is 0 Å². The van der Waals surface area contributed by atoms with Crippen molar-refractivity contribution in [1.82, 2.24) is 0 Å². The van der Waals surface area contributed by atoms with Gasteiger partial charge in [-0.15, -0.1) is 12.2 Å². The van der Waals surface area contributed by atoms with E-state index in [1.54, 1.807) is 6.08 Å². The minimum Gasteiger partial charge on any atom is -0.370 e. The van der Waals surface area contributed by atoms with Crippen molar-refractivity contribution in [2.24, 2.45) is 0 Å². The Labute approximate surface area is 90.3 Å². The maximum Gasteiger partial charge on any atom is 0.123 e. The van der Waals surface area contributed by atoms with Crippen molar-refractivity contribution >= 4 is 11.4 Å². The van der Waals surface area contributed by atoms with Gasteiger partial charge in [0.1, 0.15) is 5.43 Å². The van der Waals surface area contributed by atoms with E-state index < -0.39 is 0 Å². The van der Waals surface area contributed by atoms with Gasteiger partial charge in [-0.2, -0.15) is 6.08 Å². The fraction of sp³-hybridized carbons (Fsp3) is 0.200. The maximum atomic E-state index is 11.3. The Balaban J connectivity index is 0.000000845. The molecule has 3 heteroatoms. The third-order valence-electron chi connectivity index (χ3n) is 2.04. The molecule has 2 nitrogen and oxygen atoms in total. The van der Waals surface area contributed by atoms with Gasteiger partial charge in [0.25, 0.3) is 0 Å². The molecular weight excluding hydrogens is 248 g/mol. The number of ketones is 1. The van der Waals surface area contributed by atoms with Crippen molar-refractivity contribution in [1.29, 1.82) is 0 Å². The van der Waals surface area contributed by atoms with Crippen LogP contribution in [-0.2, 0) is 32.3 Å². The SMILES string of the molecule is C=CCC(=O)C1=[C-]Cc2c1c2=O.[Mo]. The third-order valence-corrected chi connectivity index (χ3v) is 2.04. The maximum absolute atomic E-state index is 11.3. The number of Topliss-reactive ketones (excluding diaryl/α,β-unsaturated/α-hetero) is 1. The molecule has 13 heavy (non-hydrogen) atoms. The molecule has 0 fully saturated rings. The minimum absolute atomic E-state index is 0. The Morgan fingerprint density at radius 3 is 2.77 bits per heavy atom. The van der Waals surface area contributed by atoms with Gasteiger partial charge in [-0.05, 0) is 6.42 Å². The number of carbonyl (C=O) groups excluding carboxylic acids is 1. The van der Waals surface area contributed by atoms with Gasteiger partial charge in [-0.3, -0.25) is 0 Å². The molecule has 1 aromatic rings. The predicted molar refractivity (Wildman–Crippen MR) is 45.3 cm³/mol. The Hall–Kier alpha value is -0.752. The average molecular weight is 255 g/mol. The first kappa shape index (κ1) is 10.3. The van der Waals surface area contributed by atoms with Crippen molar-refractivity contribution < 1.29 is 25.9 Å². The second-order valence-electron chi connectivity index (χ2n) is 2.83. The van der Waals surface area contributed by atoms with Gasteiger partial charge in [0.05, 0.1) is 5.78 Å². The Kier molecular flexibility index (Phi) is 2.82. The van der Waals surface area contributed by atoms with Crippen LogP contribution >= 0.6 is 0 Å². The van der Waals surface area contributed by atoms with E-state index in [1.165, 1.54) is 0 Å². The first-order chi connectivity index (χ1) is 5.75. The van der Waals surface area contributed by atoms with E-state index >= 15 is 0 Å². The summed E-state index contributed by atoms with van der Waals surface area (Å²) in [6, 6.07) is 0. The summed E-state index contributed by atoms with van der Waals surface area (Å²) in [5.41, 5.74) is 1.96. The van der Waals surface area contributed by atoms with Crippen LogP contribution in [0.3, 0.4) is 0 Å². The van der Waals surface area contributed by atoms with Gasteiger partial charge in [-0.1, -0.05) is 23.6 Å². The second kappa shape index (κ2) is 3.55. The van der Waals surface area contributed by atoms with Crippen LogP contribution in [0, 0.1) is 6.08 Å². The molecule has 0 aromatic heterocycles. The van der Waals surface area contributed by atoms with Crippen molar-refractivity contribution in [2.75, 3.05) is 0 Å². The normalized spacial score (nSPS) is 13.4. The van der Waals surface area contributed by atoms with Gasteiger partial charge < -0.3 is 9.59 Å². The summed E-state index contributed by atoms with van der Waals surface area (Å²) >= 11 is 0. The molecule has 0 amide bonds. The smallest absolute Gasteiger partial charge is 0.123 e. The van der Waals surface area contributed by atoms with Crippen molar-refractivity contribution in [2.45, 2.75) is 12.8 Å². The molecule has 0 saturated carbocycles. The van der Waals surface area contributed by atoms with E-state index in [9.17, 15) is 9.59 Å². The number of hydrogen-bond donors (Lipinski definition) is 0. The summed E-state index contributed by atoms with van der Waals surface area (Å²) in [6.45, 7) is 3.47. The van der Waals surface area contributed by atoms with Crippen LogP contribution in [0.15, 0.2) is 17.4 Å². The third kappa shape index (κ3) is 1.51. The largest absolute Gasteiger partial charge is 0.370 e. The topological polar surface area (TPSA) is 34.1 Å². The van der Waals surface area contributed by atoms with E-state index in [2.05, 4.69) is 12.7 Å². The van der Waals surface area contributed by atoms with Crippen molar-refractivity contribution in [3.8, 4) is 0 Å². The number of fused-ring (bicyclic) bond motifs is 1. The monoisotopic (exact) mass is 257 g/mol. The zero-order chi connectivity index (χ0) is 8.72. The van der Waals surface area contributed by atoms with E-state index in [-0.39, 0.29) is 32.3 Å². The molecule has 2 rings (SSSR count). The summed E-state index contributed by atoms with van der Waals surface area (Å²) < 4.78 is 0. The zero-order valence-electron chi connectivity index (χ0n) is 6.92. The van der Waals surface area contributed by atoms with E-state index in [4.69, 9.17) is 0 Å². The molecule has 0 N–H and O–H groups in total.